The van der Waals surface area contributed by atoms with Crippen LogP contribution in [0, 0.1) is 5.41 Å². The van der Waals surface area contributed by atoms with E-state index in [2.05, 4.69) is 21.8 Å². The summed E-state index contributed by atoms with van der Waals surface area (Å²) in [6.45, 7) is 3.30. The number of piperidine rings is 1. The minimum Gasteiger partial charge on any atom is -0.313 e. The molecule has 2 fully saturated rings. The third-order valence-corrected chi connectivity index (χ3v) is 4.85. The molecule has 2 N–H and O–H groups in total. The normalized spacial score (nSPS) is 31.5. The average Bonchev–Trinajstić information content (AvgIpc) is 2.96. The van der Waals surface area contributed by atoms with E-state index in [9.17, 15) is 0 Å². The van der Waals surface area contributed by atoms with Gasteiger partial charge in [-0.3, -0.25) is 4.68 Å². The first-order valence-electron chi connectivity index (χ1n) is 7.21. The average molecular weight is 248 g/mol. The van der Waals surface area contributed by atoms with Gasteiger partial charge in [-0.2, -0.15) is 5.10 Å². The Hall–Kier alpha value is -0.870. The summed E-state index contributed by atoms with van der Waals surface area (Å²) >= 11 is 0. The molecule has 2 heterocycles. The molecule has 2 unspecified atom stereocenters. The van der Waals surface area contributed by atoms with E-state index in [1.54, 1.807) is 0 Å². The van der Waals surface area contributed by atoms with Crippen molar-refractivity contribution in [2.24, 2.45) is 12.5 Å². The summed E-state index contributed by atoms with van der Waals surface area (Å²) in [6, 6.07) is 2.85. The van der Waals surface area contributed by atoms with Gasteiger partial charge in [-0.1, -0.05) is 6.42 Å². The zero-order valence-corrected chi connectivity index (χ0v) is 11.3. The highest BCUT2D eigenvalue weighted by atomic mass is 15.3. The Morgan fingerprint density at radius 3 is 3.22 bits per heavy atom. The van der Waals surface area contributed by atoms with Crippen LogP contribution in [0.25, 0.3) is 0 Å². The van der Waals surface area contributed by atoms with E-state index >= 15 is 0 Å². The van der Waals surface area contributed by atoms with Crippen molar-refractivity contribution in [2.45, 2.75) is 44.7 Å². The van der Waals surface area contributed by atoms with Crippen LogP contribution in [-0.2, 0) is 13.6 Å². The maximum absolute atomic E-state index is 4.21. The van der Waals surface area contributed by atoms with E-state index in [-0.39, 0.29) is 0 Å². The molecule has 4 heteroatoms. The molecule has 1 aliphatic heterocycles. The fraction of sp³-hybridized carbons (Fsp3) is 0.786. The Kier molecular flexibility index (Phi) is 3.39. The quantitative estimate of drug-likeness (QED) is 0.847. The zero-order chi connectivity index (χ0) is 12.4. The molecule has 1 aromatic rings. The molecule has 1 aromatic heterocycles. The van der Waals surface area contributed by atoms with E-state index in [0.29, 0.717) is 5.41 Å². The monoisotopic (exact) mass is 248 g/mol. The highest BCUT2D eigenvalue weighted by Crippen LogP contribution is 2.43. The van der Waals surface area contributed by atoms with Gasteiger partial charge < -0.3 is 10.6 Å². The van der Waals surface area contributed by atoms with Gasteiger partial charge in [0.2, 0.25) is 0 Å². The summed E-state index contributed by atoms with van der Waals surface area (Å²) in [5.41, 5.74) is 1.79. The molecule has 1 aliphatic carbocycles. The van der Waals surface area contributed by atoms with Crippen molar-refractivity contribution in [3.63, 3.8) is 0 Å². The van der Waals surface area contributed by atoms with Crippen LogP contribution in [0.1, 0.15) is 37.8 Å². The van der Waals surface area contributed by atoms with Crippen LogP contribution in [0.3, 0.4) is 0 Å². The zero-order valence-electron chi connectivity index (χ0n) is 11.3. The van der Waals surface area contributed by atoms with Crippen LogP contribution < -0.4 is 10.6 Å². The molecule has 2 atom stereocenters. The molecule has 0 spiro atoms. The predicted octanol–water partition coefficient (Wildman–Crippen LogP) is 1.43. The molecule has 18 heavy (non-hydrogen) atoms. The maximum atomic E-state index is 4.21. The highest BCUT2D eigenvalue weighted by molar-refractivity contribution is 5.02. The number of nitrogens with one attached hydrogen (secondary N) is 2. The van der Waals surface area contributed by atoms with Gasteiger partial charge in [0.25, 0.3) is 0 Å². The van der Waals surface area contributed by atoms with Gasteiger partial charge in [-0.25, -0.2) is 0 Å². The van der Waals surface area contributed by atoms with Gasteiger partial charge in [0.1, 0.15) is 0 Å². The third-order valence-electron chi connectivity index (χ3n) is 4.85. The fourth-order valence-corrected chi connectivity index (χ4v) is 3.79. The van der Waals surface area contributed by atoms with E-state index in [0.717, 1.165) is 19.1 Å². The Balaban J connectivity index is 1.57. The number of hydrogen-bond donors (Lipinski definition) is 2. The van der Waals surface area contributed by atoms with Crippen LogP contribution >= 0.6 is 0 Å². The molecular weight excluding hydrogens is 224 g/mol. The van der Waals surface area contributed by atoms with Gasteiger partial charge in [0, 0.05) is 32.4 Å². The second-order valence-electron chi connectivity index (χ2n) is 5.91. The molecule has 1 saturated heterocycles. The maximum Gasteiger partial charge on any atom is 0.0518 e. The Labute approximate surface area is 109 Å². The first kappa shape index (κ1) is 12.2. The van der Waals surface area contributed by atoms with Crippen molar-refractivity contribution >= 4 is 0 Å². The molecule has 1 saturated carbocycles. The summed E-state index contributed by atoms with van der Waals surface area (Å²) in [5.74, 6) is 0. The number of aromatic nitrogens is 2. The lowest BCUT2D eigenvalue weighted by atomic mass is 9.76. The number of aryl methyl sites for hydroxylation is 1. The Morgan fingerprint density at radius 2 is 2.39 bits per heavy atom. The minimum atomic E-state index is 0.525. The smallest absolute Gasteiger partial charge is 0.0518 e. The van der Waals surface area contributed by atoms with Crippen molar-refractivity contribution in [3.05, 3.63) is 18.0 Å². The SMILES string of the molecule is Cn1nccc1CNCC12CCCNC1CCC2. The summed E-state index contributed by atoms with van der Waals surface area (Å²) in [6.07, 6.45) is 8.75. The van der Waals surface area contributed by atoms with Crippen LogP contribution in [0.5, 0.6) is 0 Å². The first-order valence-corrected chi connectivity index (χ1v) is 7.21. The Bertz CT molecular complexity index is 400. The fourth-order valence-electron chi connectivity index (χ4n) is 3.79. The molecule has 0 radical (unpaired) electrons. The van der Waals surface area contributed by atoms with Gasteiger partial charge in [-0.05, 0) is 43.7 Å². The van der Waals surface area contributed by atoms with Gasteiger partial charge in [0.15, 0.2) is 0 Å². The van der Waals surface area contributed by atoms with Crippen molar-refractivity contribution in [1.29, 1.82) is 0 Å². The van der Waals surface area contributed by atoms with Crippen molar-refractivity contribution in [1.82, 2.24) is 20.4 Å². The first-order chi connectivity index (χ1) is 8.80. The van der Waals surface area contributed by atoms with Crippen molar-refractivity contribution in [2.75, 3.05) is 13.1 Å². The second-order valence-corrected chi connectivity index (χ2v) is 5.91. The van der Waals surface area contributed by atoms with Gasteiger partial charge >= 0.3 is 0 Å². The largest absolute Gasteiger partial charge is 0.313 e. The van der Waals surface area contributed by atoms with Crippen molar-refractivity contribution in [3.8, 4) is 0 Å². The molecule has 3 rings (SSSR count). The van der Waals surface area contributed by atoms with Gasteiger partial charge in [0.05, 0.1) is 5.69 Å². The van der Waals surface area contributed by atoms with E-state index in [4.69, 9.17) is 0 Å². The molecular formula is C14H24N4. The lowest BCUT2D eigenvalue weighted by Gasteiger charge is -2.40. The highest BCUT2D eigenvalue weighted by Gasteiger charge is 2.43. The standard InChI is InChI=1S/C14H24N4/c1-18-12(5-9-17-18)10-15-11-14-6-2-4-13(14)16-8-3-7-14/h5,9,13,15-16H,2-4,6-8,10-11H2,1H3. The summed E-state index contributed by atoms with van der Waals surface area (Å²) in [7, 11) is 2.01. The lowest BCUT2D eigenvalue weighted by molar-refractivity contribution is 0.160. The third kappa shape index (κ3) is 2.19. The molecule has 0 aromatic carbocycles. The molecule has 0 bridgehead atoms. The van der Waals surface area contributed by atoms with Crippen LogP contribution in [0.15, 0.2) is 12.3 Å². The number of nitrogens with zero attached hydrogens (tertiary/aromatic N) is 2. The van der Waals surface area contributed by atoms with Crippen LogP contribution in [0.2, 0.25) is 0 Å². The van der Waals surface area contributed by atoms with E-state index in [1.165, 1.54) is 44.3 Å². The summed E-state index contributed by atoms with van der Waals surface area (Å²) < 4.78 is 1.95. The van der Waals surface area contributed by atoms with Crippen LogP contribution in [0.4, 0.5) is 0 Å². The molecule has 0 amide bonds. The number of hydrogen-bond acceptors (Lipinski definition) is 3. The van der Waals surface area contributed by atoms with Crippen molar-refractivity contribution < 1.29 is 0 Å². The summed E-state index contributed by atoms with van der Waals surface area (Å²) in [5, 5.41) is 11.6. The molecule has 4 nitrogen and oxygen atoms in total. The predicted molar refractivity (Wildman–Crippen MR) is 72.2 cm³/mol. The number of rotatable bonds is 4. The van der Waals surface area contributed by atoms with E-state index < -0.39 is 0 Å². The number of fused-ring (bicyclic) bond motifs is 1. The molecule has 100 valence electrons. The van der Waals surface area contributed by atoms with Crippen LogP contribution in [-0.4, -0.2) is 28.9 Å². The Morgan fingerprint density at radius 1 is 1.50 bits per heavy atom. The minimum absolute atomic E-state index is 0.525. The van der Waals surface area contributed by atoms with E-state index in [1.807, 2.05) is 17.9 Å². The topological polar surface area (TPSA) is 41.9 Å². The molecule has 2 aliphatic rings. The second kappa shape index (κ2) is 5.02. The lowest BCUT2D eigenvalue weighted by Crippen LogP contribution is -2.51. The van der Waals surface area contributed by atoms with Gasteiger partial charge in [-0.15, -0.1) is 0 Å². The summed E-state index contributed by atoms with van der Waals surface area (Å²) in [4.78, 5) is 0.